The lowest BCUT2D eigenvalue weighted by atomic mass is 9.84. The van der Waals surface area contributed by atoms with Crippen LogP contribution >= 0.6 is 0 Å². The Morgan fingerprint density at radius 2 is 2.06 bits per heavy atom. The molecule has 0 saturated carbocycles. The lowest BCUT2D eigenvalue weighted by molar-refractivity contribution is -0.139. The van der Waals surface area contributed by atoms with Gasteiger partial charge in [0.15, 0.2) is 0 Å². The van der Waals surface area contributed by atoms with Crippen LogP contribution in [-0.4, -0.2) is 37.6 Å². The smallest absolute Gasteiger partial charge is 0.259 e. The van der Waals surface area contributed by atoms with Crippen molar-refractivity contribution in [1.29, 1.82) is 0 Å². The molecule has 0 spiro atoms. The Kier molecular flexibility index (Phi) is 4.73. The van der Waals surface area contributed by atoms with E-state index in [0.717, 1.165) is 52.1 Å². The predicted octanol–water partition coefficient (Wildman–Crippen LogP) is 3.93. The zero-order chi connectivity index (χ0) is 22.7. The largest absolute Gasteiger partial charge is 0.356 e. The van der Waals surface area contributed by atoms with Gasteiger partial charge in [-0.05, 0) is 37.0 Å². The van der Waals surface area contributed by atoms with Gasteiger partial charge in [0.1, 0.15) is 0 Å². The van der Waals surface area contributed by atoms with E-state index in [0.29, 0.717) is 11.5 Å². The maximum absolute atomic E-state index is 13.5. The Hall–Kier alpha value is -3.35. The van der Waals surface area contributed by atoms with E-state index in [1.165, 1.54) is 11.8 Å². The highest BCUT2D eigenvalue weighted by Gasteiger charge is 2.42. The Morgan fingerprint density at radius 3 is 2.72 bits per heavy atom. The molecule has 3 aromatic rings. The molecular formula is C25H29N5O2. The summed E-state index contributed by atoms with van der Waals surface area (Å²) in [7, 11) is 1.92. The highest BCUT2D eigenvalue weighted by molar-refractivity contribution is 6.11. The van der Waals surface area contributed by atoms with Crippen LogP contribution in [0, 0.1) is 12.8 Å². The second-order valence-electron chi connectivity index (χ2n) is 9.33. The third-order valence-corrected chi connectivity index (χ3v) is 6.85. The summed E-state index contributed by atoms with van der Waals surface area (Å²) in [5.41, 5.74) is 6.70. The van der Waals surface area contributed by atoms with Gasteiger partial charge >= 0.3 is 0 Å². The van der Waals surface area contributed by atoms with Gasteiger partial charge in [0, 0.05) is 60.7 Å². The quantitative estimate of drug-likeness (QED) is 0.679. The second-order valence-corrected chi connectivity index (χ2v) is 9.33. The van der Waals surface area contributed by atoms with E-state index in [1.54, 1.807) is 0 Å². The van der Waals surface area contributed by atoms with Crippen LogP contribution in [0.15, 0.2) is 41.9 Å². The number of amides is 2. The van der Waals surface area contributed by atoms with Crippen molar-refractivity contribution in [3.63, 3.8) is 0 Å². The van der Waals surface area contributed by atoms with Crippen molar-refractivity contribution in [3.8, 4) is 0 Å². The fourth-order valence-corrected chi connectivity index (χ4v) is 4.98. The van der Waals surface area contributed by atoms with Crippen LogP contribution in [0.4, 0.5) is 5.69 Å². The molecule has 2 amide bonds. The standard InChI is InChI=1S/C25H29N5O2/c1-14(2)9-10-29-12-18-22(17-11-26-28(5)15(17)3)24-20(13-30(16(4)31)25(24)32)27-19-7-6-8-21(29)23(18)19/h6-8,11-12,14,22,27H,9-10,13H2,1-5H3/t22-/m0/s1. The van der Waals surface area contributed by atoms with Gasteiger partial charge in [-0.1, -0.05) is 19.9 Å². The van der Waals surface area contributed by atoms with Crippen LogP contribution < -0.4 is 5.32 Å². The van der Waals surface area contributed by atoms with Crippen LogP contribution in [0.1, 0.15) is 49.9 Å². The lowest BCUT2D eigenvalue weighted by Crippen LogP contribution is -2.33. The van der Waals surface area contributed by atoms with Gasteiger partial charge in [-0.25, -0.2) is 0 Å². The minimum absolute atomic E-state index is 0.218. The zero-order valence-electron chi connectivity index (χ0n) is 19.3. The second kappa shape index (κ2) is 7.36. The highest BCUT2D eigenvalue weighted by Crippen LogP contribution is 2.47. The van der Waals surface area contributed by atoms with Crippen LogP contribution in [0.5, 0.6) is 0 Å². The minimum Gasteiger partial charge on any atom is -0.356 e. The van der Waals surface area contributed by atoms with Crippen molar-refractivity contribution < 1.29 is 9.59 Å². The van der Waals surface area contributed by atoms with Crippen LogP contribution in [0.3, 0.4) is 0 Å². The minimum atomic E-state index is -0.283. The summed E-state index contributed by atoms with van der Waals surface area (Å²) in [6.45, 7) is 9.12. The topological polar surface area (TPSA) is 72.2 Å². The molecule has 2 aromatic heterocycles. The maximum Gasteiger partial charge on any atom is 0.259 e. The van der Waals surface area contributed by atoms with Crippen LogP contribution in [0.2, 0.25) is 0 Å². The van der Waals surface area contributed by atoms with E-state index in [-0.39, 0.29) is 24.3 Å². The Balaban J connectivity index is 1.77. The summed E-state index contributed by atoms with van der Waals surface area (Å²) >= 11 is 0. The summed E-state index contributed by atoms with van der Waals surface area (Å²) in [4.78, 5) is 27.1. The van der Waals surface area contributed by atoms with Gasteiger partial charge in [0.05, 0.1) is 23.8 Å². The monoisotopic (exact) mass is 431 g/mol. The Morgan fingerprint density at radius 1 is 1.28 bits per heavy atom. The fourth-order valence-electron chi connectivity index (χ4n) is 4.98. The number of hydrogen-bond donors (Lipinski definition) is 1. The molecule has 7 nitrogen and oxygen atoms in total. The van der Waals surface area contributed by atoms with Gasteiger partial charge in [0.25, 0.3) is 5.91 Å². The molecule has 4 heterocycles. The van der Waals surface area contributed by atoms with E-state index in [1.807, 2.05) is 24.9 Å². The number of rotatable bonds is 4. The molecule has 1 N–H and O–H groups in total. The summed E-state index contributed by atoms with van der Waals surface area (Å²) in [6.07, 6.45) is 5.14. The van der Waals surface area contributed by atoms with Crippen molar-refractivity contribution >= 4 is 28.4 Å². The summed E-state index contributed by atoms with van der Waals surface area (Å²) in [5, 5.41) is 9.15. The SMILES string of the molecule is CC(=O)N1CC2=C(C1=O)[C@@H](c1cnn(C)c1C)c1cn(CCC(C)C)c3cccc(c13)N2. The number of hydrogen-bond acceptors (Lipinski definition) is 4. The Bertz CT molecular complexity index is 1290. The van der Waals surface area contributed by atoms with Crippen molar-refractivity contribution in [1.82, 2.24) is 19.2 Å². The molecule has 32 heavy (non-hydrogen) atoms. The molecule has 0 radical (unpaired) electrons. The molecule has 166 valence electrons. The van der Waals surface area contributed by atoms with Crippen molar-refractivity contribution in [3.05, 3.63) is 58.7 Å². The molecule has 0 bridgehead atoms. The van der Waals surface area contributed by atoms with Crippen molar-refractivity contribution in [2.24, 2.45) is 13.0 Å². The molecule has 1 atom stereocenters. The van der Waals surface area contributed by atoms with Crippen molar-refractivity contribution in [2.45, 2.75) is 46.6 Å². The number of benzene rings is 1. The molecule has 0 fully saturated rings. The molecule has 0 saturated heterocycles. The number of carbonyl (C=O) groups excluding carboxylic acids is 2. The average Bonchev–Trinajstić information content (AvgIpc) is 3.35. The summed E-state index contributed by atoms with van der Waals surface area (Å²) in [6, 6.07) is 6.26. The zero-order valence-corrected chi connectivity index (χ0v) is 19.3. The van der Waals surface area contributed by atoms with E-state index in [2.05, 4.69) is 53.2 Å². The first-order chi connectivity index (χ1) is 15.3. The summed E-state index contributed by atoms with van der Waals surface area (Å²) < 4.78 is 4.15. The first-order valence-corrected chi connectivity index (χ1v) is 11.2. The van der Waals surface area contributed by atoms with Gasteiger partial charge < -0.3 is 9.88 Å². The number of imide groups is 1. The van der Waals surface area contributed by atoms with Gasteiger partial charge in [-0.15, -0.1) is 0 Å². The van der Waals surface area contributed by atoms with E-state index in [9.17, 15) is 9.59 Å². The maximum atomic E-state index is 13.5. The van der Waals surface area contributed by atoms with Gasteiger partial charge in [0.2, 0.25) is 5.91 Å². The third kappa shape index (κ3) is 2.98. The first-order valence-electron chi connectivity index (χ1n) is 11.2. The highest BCUT2D eigenvalue weighted by atomic mass is 16.2. The summed E-state index contributed by atoms with van der Waals surface area (Å²) in [5.74, 6) is -0.144. The molecule has 7 heteroatoms. The molecular weight excluding hydrogens is 402 g/mol. The normalized spacial score (nSPS) is 17.9. The molecule has 0 unspecified atom stereocenters. The van der Waals surface area contributed by atoms with E-state index < -0.39 is 0 Å². The fraction of sp³-hybridized carbons (Fsp3) is 0.400. The number of carbonyl (C=O) groups is 2. The number of nitrogens with one attached hydrogen (secondary N) is 1. The third-order valence-electron chi connectivity index (χ3n) is 6.85. The van der Waals surface area contributed by atoms with Crippen molar-refractivity contribution in [2.75, 3.05) is 11.9 Å². The average molecular weight is 432 g/mol. The number of aryl methyl sites for hydroxylation is 2. The van der Waals surface area contributed by atoms with Crippen LogP contribution in [0.25, 0.3) is 10.9 Å². The molecule has 0 aliphatic carbocycles. The Labute approximate surface area is 187 Å². The lowest BCUT2D eigenvalue weighted by Gasteiger charge is -2.19. The molecule has 5 rings (SSSR count). The number of aromatic nitrogens is 3. The number of anilines is 1. The van der Waals surface area contributed by atoms with Gasteiger partial charge in [-0.3, -0.25) is 19.2 Å². The predicted molar refractivity (Wildman–Crippen MR) is 124 cm³/mol. The molecule has 2 aliphatic heterocycles. The van der Waals surface area contributed by atoms with Crippen LogP contribution in [-0.2, 0) is 23.2 Å². The van der Waals surface area contributed by atoms with E-state index >= 15 is 0 Å². The first kappa shape index (κ1) is 20.5. The number of nitrogens with zero attached hydrogens (tertiary/aromatic N) is 4. The van der Waals surface area contributed by atoms with E-state index in [4.69, 9.17) is 0 Å². The van der Waals surface area contributed by atoms with Gasteiger partial charge in [-0.2, -0.15) is 5.10 Å². The molecule has 2 aliphatic rings. The molecule has 1 aromatic carbocycles.